The molecule has 3 atom stereocenters. The molecule has 9 nitrogen and oxygen atoms in total. The molecule has 1 aromatic carbocycles. The lowest BCUT2D eigenvalue weighted by atomic mass is 9.95. The van der Waals surface area contributed by atoms with E-state index in [1.807, 2.05) is 52.8 Å². The molecule has 4 amide bonds. The number of primary amides is 1. The van der Waals surface area contributed by atoms with Crippen molar-refractivity contribution in [1.82, 2.24) is 15.5 Å². The number of hydrogen-bond donors (Lipinski definition) is 3. The average Bonchev–Trinajstić information content (AvgIpc) is 2.76. The van der Waals surface area contributed by atoms with Crippen LogP contribution in [0.3, 0.4) is 0 Å². The maximum Gasteiger partial charge on any atom is 0.408 e. The number of alkyl carbamates (subject to hydrolysis) is 1. The predicted octanol–water partition coefficient (Wildman–Crippen LogP) is 4.05. The summed E-state index contributed by atoms with van der Waals surface area (Å²) in [6.45, 7) is 15.1. The molecule has 0 bridgehead atoms. The molecular formula is C28H46N4O5. The van der Waals surface area contributed by atoms with Crippen LogP contribution < -0.4 is 16.4 Å². The van der Waals surface area contributed by atoms with Gasteiger partial charge in [-0.05, 0) is 65.5 Å². The molecule has 3 unspecified atom stereocenters. The van der Waals surface area contributed by atoms with Crippen LogP contribution in [0.1, 0.15) is 96.4 Å². The Labute approximate surface area is 221 Å². The number of nitrogens with two attached hydrogens (primary N) is 1. The van der Waals surface area contributed by atoms with E-state index in [1.54, 1.807) is 20.8 Å². The van der Waals surface area contributed by atoms with Crippen molar-refractivity contribution in [2.24, 2.45) is 5.73 Å². The smallest absolute Gasteiger partial charge is 0.408 e. The highest BCUT2D eigenvalue weighted by Crippen LogP contribution is 2.28. The molecule has 0 spiro atoms. The van der Waals surface area contributed by atoms with E-state index in [0.717, 1.165) is 30.4 Å². The summed E-state index contributed by atoms with van der Waals surface area (Å²) in [4.78, 5) is 53.6. The molecule has 0 fully saturated rings. The summed E-state index contributed by atoms with van der Waals surface area (Å²) in [5.41, 5.74) is 7.14. The molecular weight excluding hydrogens is 472 g/mol. The topological polar surface area (TPSA) is 131 Å². The first-order valence-corrected chi connectivity index (χ1v) is 13.2. The highest BCUT2D eigenvalue weighted by Gasteiger charge is 2.37. The molecule has 0 saturated carbocycles. The zero-order valence-corrected chi connectivity index (χ0v) is 23.8. The maximum atomic E-state index is 14.0. The summed E-state index contributed by atoms with van der Waals surface area (Å²) in [5, 5.41) is 5.56. The van der Waals surface area contributed by atoms with Gasteiger partial charge in [-0.2, -0.15) is 0 Å². The molecule has 0 aliphatic carbocycles. The van der Waals surface area contributed by atoms with Gasteiger partial charge in [0.2, 0.25) is 17.7 Å². The fraction of sp³-hybridized carbons (Fsp3) is 0.643. The van der Waals surface area contributed by atoms with Crippen molar-refractivity contribution >= 4 is 23.8 Å². The second-order valence-corrected chi connectivity index (χ2v) is 10.7. The van der Waals surface area contributed by atoms with Crippen molar-refractivity contribution in [3.8, 4) is 0 Å². The van der Waals surface area contributed by atoms with E-state index in [-0.39, 0.29) is 18.5 Å². The SMILES string of the molecule is CCCCN(C(=O)C(CC(N)=O)NC(=O)OC(C)(C)C)C(C(=O)NC(C)CCC)c1cc(C)ccc1C. The zero-order valence-electron chi connectivity index (χ0n) is 23.8. The van der Waals surface area contributed by atoms with Crippen molar-refractivity contribution in [1.29, 1.82) is 0 Å². The van der Waals surface area contributed by atoms with E-state index < -0.39 is 42.0 Å². The highest BCUT2D eigenvalue weighted by atomic mass is 16.6. The van der Waals surface area contributed by atoms with E-state index in [0.29, 0.717) is 12.0 Å². The van der Waals surface area contributed by atoms with Crippen molar-refractivity contribution in [2.75, 3.05) is 6.54 Å². The molecule has 1 rings (SSSR count). The highest BCUT2D eigenvalue weighted by molar-refractivity contribution is 5.94. The van der Waals surface area contributed by atoms with Crippen LogP contribution in [-0.4, -0.2) is 52.9 Å². The van der Waals surface area contributed by atoms with Gasteiger partial charge in [0.25, 0.3) is 0 Å². The fourth-order valence-electron chi connectivity index (χ4n) is 4.08. The van der Waals surface area contributed by atoms with Crippen LogP contribution in [0.2, 0.25) is 0 Å². The predicted molar refractivity (Wildman–Crippen MR) is 145 cm³/mol. The number of unbranched alkanes of at least 4 members (excludes halogenated alkanes) is 1. The largest absolute Gasteiger partial charge is 0.444 e. The van der Waals surface area contributed by atoms with Gasteiger partial charge < -0.3 is 26.0 Å². The van der Waals surface area contributed by atoms with Crippen LogP contribution in [0.25, 0.3) is 0 Å². The van der Waals surface area contributed by atoms with Crippen LogP contribution in [0.5, 0.6) is 0 Å². The minimum atomic E-state index is -1.28. The molecule has 37 heavy (non-hydrogen) atoms. The van der Waals surface area contributed by atoms with Crippen molar-refractivity contribution < 1.29 is 23.9 Å². The molecule has 0 saturated heterocycles. The van der Waals surface area contributed by atoms with Gasteiger partial charge >= 0.3 is 6.09 Å². The lowest BCUT2D eigenvalue weighted by Crippen LogP contribution is -2.54. The van der Waals surface area contributed by atoms with E-state index in [4.69, 9.17) is 10.5 Å². The van der Waals surface area contributed by atoms with Crippen molar-refractivity contribution in [3.63, 3.8) is 0 Å². The number of carbonyl (C=O) groups is 4. The molecule has 0 aliphatic heterocycles. The second-order valence-electron chi connectivity index (χ2n) is 10.7. The third-order valence-corrected chi connectivity index (χ3v) is 5.83. The summed E-state index contributed by atoms with van der Waals surface area (Å²) in [6.07, 6.45) is 1.82. The van der Waals surface area contributed by atoms with Gasteiger partial charge in [-0.1, -0.05) is 50.5 Å². The summed E-state index contributed by atoms with van der Waals surface area (Å²) >= 11 is 0. The Morgan fingerprint density at radius 2 is 1.70 bits per heavy atom. The number of nitrogens with one attached hydrogen (secondary N) is 2. The molecule has 0 aromatic heterocycles. The summed E-state index contributed by atoms with van der Waals surface area (Å²) < 4.78 is 5.32. The third-order valence-electron chi connectivity index (χ3n) is 5.83. The number of hydrogen-bond acceptors (Lipinski definition) is 5. The van der Waals surface area contributed by atoms with E-state index >= 15 is 0 Å². The Hall–Kier alpha value is -3.10. The minimum Gasteiger partial charge on any atom is -0.444 e. The molecule has 208 valence electrons. The summed E-state index contributed by atoms with van der Waals surface area (Å²) in [5.74, 6) is -1.63. The van der Waals surface area contributed by atoms with E-state index in [2.05, 4.69) is 10.6 Å². The van der Waals surface area contributed by atoms with Gasteiger partial charge in [0, 0.05) is 12.6 Å². The Morgan fingerprint density at radius 1 is 1.05 bits per heavy atom. The fourth-order valence-corrected chi connectivity index (χ4v) is 4.08. The van der Waals surface area contributed by atoms with Gasteiger partial charge in [0.15, 0.2) is 0 Å². The lowest BCUT2D eigenvalue weighted by Gasteiger charge is -2.35. The van der Waals surface area contributed by atoms with Gasteiger partial charge in [-0.3, -0.25) is 14.4 Å². The zero-order chi connectivity index (χ0) is 28.3. The first-order valence-electron chi connectivity index (χ1n) is 13.2. The molecule has 0 radical (unpaired) electrons. The van der Waals surface area contributed by atoms with Crippen LogP contribution in [0.4, 0.5) is 4.79 Å². The number of amides is 4. The van der Waals surface area contributed by atoms with Crippen LogP contribution >= 0.6 is 0 Å². The molecule has 4 N–H and O–H groups in total. The van der Waals surface area contributed by atoms with E-state index in [9.17, 15) is 19.2 Å². The second kappa shape index (κ2) is 14.6. The first kappa shape index (κ1) is 31.9. The molecule has 1 aromatic rings. The number of rotatable bonds is 13. The van der Waals surface area contributed by atoms with Crippen LogP contribution in [0, 0.1) is 13.8 Å². The number of nitrogens with zero attached hydrogens (tertiary/aromatic N) is 1. The van der Waals surface area contributed by atoms with Crippen LogP contribution in [0.15, 0.2) is 18.2 Å². The molecule has 0 aliphatic rings. The van der Waals surface area contributed by atoms with Gasteiger partial charge in [0.05, 0.1) is 6.42 Å². The monoisotopic (exact) mass is 518 g/mol. The van der Waals surface area contributed by atoms with Crippen molar-refractivity contribution in [3.05, 3.63) is 34.9 Å². The normalized spacial score (nSPS) is 13.7. The molecule has 9 heteroatoms. The summed E-state index contributed by atoms with van der Waals surface area (Å²) in [6, 6.07) is 3.45. The Morgan fingerprint density at radius 3 is 2.24 bits per heavy atom. The van der Waals surface area contributed by atoms with Gasteiger partial charge in [0.1, 0.15) is 17.7 Å². The quantitative estimate of drug-likeness (QED) is 0.363. The van der Waals surface area contributed by atoms with Gasteiger partial charge in [-0.15, -0.1) is 0 Å². The first-order chi connectivity index (χ1) is 17.2. The van der Waals surface area contributed by atoms with Gasteiger partial charge in [-0.25, -0.2) is 4.79 Å². The number of benzene rings is 1. The third kappa shape index (κ3) is 10.8. The van der Waals surface area contributed by atoms with Crippen molar-refractivity contribution in [2.45, 2.75) is 111 Å². The number of carbonyl (C=O) groups excluding carboxylic acids is 4. The Bertz CT molecular complexity index is 941. The minimum absolute atomic E-state index is 0.0884. The van der Waals surface area contributed by atoms with Crippen LogP contribution in [-0.2, 0) is 19.1 Å². The summed E-state index contributed by atoms with van der Waals surface area (Å²) in [7, 11) is 0. The Kier molecular flexibility index (Phi) is 12.6. The number of ether oxygens (including phenoxy) is 1. The molecule has 0 heterocycles. The average molecular weight is 519 g/mol. The standard InChI is InChI=1S/C28H46N4O5/c1-9-11-15-32(26(35)22(17-23(29)33)31-27(36)37-28(6,7)8)24(25(34)30-20(5)12-10-2)21-16-18(3)13-14-19(21)4/h13-14,16,20,22,24H,9-12,15,17H2,1-8H3,(H2,29,33)(H,30,34)(H,31,36). The van der Waals surface area contributed by atoms with E-state index in [1.165, 1.54) is 4.90 Å². The Balaban J connectivity index is 3.57. The lowest BCUT2D eigenvalue weighted by molar-refractivity contribution is -0.143. The maximum absolute atomic E-state index is 14.0. The number of aryl methyl sites for hydroxylation is 2.